The summed E-state index contributed by atoms with van der Waals surface area (Å²) in [7, 11) is -3.24. The number of pyridine rings is 1. The number of nitrogens with one attached hydrogen (secondary N) is 2. The van der Waals surface area contributed by atoms with Crippen LogP contribution in [0, 0.1) is 0 Å². The van der Waals surface area contributed by atoms with E-state index in [0.717, 1.165) is 15.8 Å². The maximum atomic E-state index is 13.0. The molecule has 0 spiro atoms. The first-order valence-electron chi connectivity index (χ1n) is 16.3. The predicted octanol–water partition coefficient (Wildman–Crippen LogP) is -11.5. The average molecular weight is 885 g/mol. The van der Waals surface area contributed by atoms with Crippen molar-refractivity contribution in [1.29, 1.82) is 0 Å². The van der Waals surface area contributed by atoms with Crippen LogP contribution in [0.25, 0.3) is 0 Å². The van der Waals surface area contributed by atoms with Crippen LogP contribution in [0.3, 0.4) is 0 Å². The van der Waals surface area contributed by atoms with Crippen molar-refractivity contribution in [2.75, 3.05) is 31.2 Å². The third kappa shape index (κ3) is 14.4. The molecule has 306 valence electrons. The first kappa shape index (κ1) is 51.9. The van der Waals surface area contributed by atoms with E-state index in [1.54, 1.807) is 24.4 Å². The number of phosphoric acid groups is 1. The van der Waals surface area contributed by atoms with E-state index in [1.807, 2.05) is 0 Å². The first-order valence-corrected chi connectivity index (χ1v) is 20.1. The summed E-state index contributed by atoms with van der Waals surface area (Å²) in [5, 5.41) is 80.2. The SMILES string of the molecule is Nc1ccn([C@@H]2O[C@H](COP(=O)([O-])O[C@@]3(C(=O)[O-])CC(O)[C@@H](NC(=O)CNC(=O)CCSSc4ccccn4)[C@H]([C@H](O)[C@H](O)CCO)O3)[C@@H](O)[C@H]2O)c(=O)n1.[Na+].[Na+]. The number of carbonyl (C=O) groups excluding carboxylic acids is 3. The molecule has 0 aliphatic carbocycles. The standard InChI is InChI=1S/C29H41N6O17PS2.2Na/c30-17-4-8-35(28(46)33-17)26-24(43)23(42)16(50-26)13-49-53(47,48)52-29(27(44)45)11-15(38)21(25(51-29)22(41)14(37)5-9-36)34-19(40)12-32-18(39)6-10-54-55-20-3-1-2-7-31-20;;/h1-4,7-8,14-16,21-26,36-38,41-43H,5-6,9-13H2,(H,32,39)(H,34,40)(H,44,45)(H,47,48)(H2,30,33,46);;/q;2*+1/p-2/t14-,15?,16-,21-,22-,23-,24-,25-,26-,29-;;/m1../s1. The Bertz CT molecular complexity index is 1750. The Morgan fingerprint density at radius 3 is 2.51 bits per heavy atom. The number of anilines is 1. The van der Waals surface area contributed by atoms with Crippen LogP contribution in [0.4, 0.5) is 5.82 Å². The second-order valence-corrected chi connectivity index (χ2v) is 15.9. The molecule has 2 saturated heterocycles. The number of aliphatic hydroxyl groups excluding tert-OH is 6. The fraction of sp³-hybridized carbons (Fsp3) is 0.586. The summed E-state index contributed by atoms with van der Waals surface area (Å²) >= 11 is 0. The van der Waals surface area contributed by atoms with Crippen LogP contribution in [0.2, 0.25) is 0 Å². The van der Waals surface area contributed by atoms with Gasteiger partial charge in [0, 0.05) is 37.6 Å². The largest absolute Gasteiger partial charge is 1.00 e. The van der Waals surface area contributed by atoms with Gasteiger partial charge < -0.3 is 75.8 Å². The topological polar surface area (TPSA) is 371 Å². The van der Waals surface area contributed by atoms with Gasteiger partial charge in [0.25, 0.3) is 7.82 Å². The number of hydrogen-bond acceptors (Lipinski definition) is 22. The summed E-state index contributed by atoms with van der Waals surface area (Å²) in [6, 6.07) is 4.74. The number of nitrogen functional groups attached to an aromatic ring is 1. The van der Waals surface area contributed by atoms with Gasteiger partial charge in [-0.05, 0) is 35.4 Å². The van der Waals surface area contributed by atoms with Gasteiger partial charge in [0.15, 0.2) is 6.23 Å². The van der Waals surface area contributed by atoms with E-state index in [2.05, 4.69) is 20.6 Å². The maximum Gasteiger partial charge on any atom is 1.00 e. The van der Waals surface area contributed by atoms with Gasteiger partial charge >= 0.3 is 64.8 Å². The van der Waals surface area contributed by atoms with Crippen molar-refractivity contribution in [2.24, 2.45) is 0 Å². The van der Waals surface area contributed by atoms with Gasteiger partial charge in [-0.25, -0.2) is 9.78 Å². The summed E-state index contributed by atoms with van der Waals surface area (Å²) in [6.07, 6.45) is -14.4. The molecule has 2 amide bonds. The number of phosphoric ester groups is 1. The molecule has 0 saturated carbocycles. The van der Waals surface area contributed by atoms with Crippen molar-refractivity contribution in [3.8, 4) is 0 Å². The van der Waals surface area contributed by atoms with Gasteiger partial charge in [0.2, 0.25) is 17.6 Å². The van der Waals surface area contributed by atoms with Crippen molar-refractivity contribution in [3.63, 3.8) is 0 Å². The summed E-state index contributed by atoms with van der Waals surface area (Å²) in [4.78, 5) is 70.3. The minimum atomic E-state index is -5.91. The number of amides is 2. The van der Waals surface area contributed by atoms with Crippen LogP contribution in [-0.2, 0) is 37.5 Å². The molecule has 11 atom stereocenters. The van der Waals surface area contributed by atoms with Crippen LogP contribution in [0.15, 0.2) is 46.5 Å². The molecule has 0 aromatic carbocycles. The maximum absolute atomic E-state index is 13.0. The Morgan fingerprint density at radius 1 is 1.16 bits per heavy atom. The summed E-state index contributed by atoms with van der Waals surface area (Å²) in [5.74, 6) is -7.21. The molecule has 4 heterocycles. The normalized spacial score (nSPS) is 27.8. The van der Waals surface area contributed by atoms with Crippen LogP contribution in [0.1, 0.15) is 25.5 Å². The minimum absolute atomic E-state index is 0. The number of hydrogen-bond donors (Lipinski definition) is 9. The quantitative estimate of drug-likeness (QED) is 0.0274. The molecule has 0 radical (unpaired) electrons. The summed E-state index contributed by atoms with van der Waals surface area (Å²) in [6.45, 7) is -2.50. The van der Waals surface area contributed by atoms with E-state index in [9.17, 15) is 64.4 Å². The van der Waals surface area contributed by atoms with Crippen molar-refractivity contribution in [3.05, 3.63) is 47.1 Å². The molecule has 2 aromatic heterocycles. The van der Waals surface area contributed by atoms with Crippen LogP contribution in [-0.4, -0.2) is 143 Å². The number of aromatic nitrogens is 3. The number of carboxylic acids is 1. The van der Waals surface area contributed by atoms with Gasteiger partial charge in [0.1, 0.15) is 47.3 Å². The van der Waals surface area contributed by atoms with Gasteiger partial charge in [0.05, 0.1) is 31.4 Å². The minimum Gasteiger partial charge on any atom is -0.756 e. The average Bonchev–Trinajstić information content (AvgIpc) is 3.41. The zero-order valence-corrected chi connectivity index (χ0v) is 37.0. The zero-order chi connectivity index (χ0) is 40.5. The Kier molecular flexibility index (Phi) is 21.5. The fourth-order valence-corrected chi connectivity index (χ4v) is 8.20. The number of carboxylic acid groups (broad SMARTS) is 1. The molecule has 57 heavy (non-hydrogen) atoms. The predicted molar refractivity (Wildman–Crippen MR) is 183 cm³/mol. The molecule has 28 heteroatoms. The molecule has 2 aromatic rings. The Hall–Kier alpha value is -1.27. The number of rotatable bonds is 19. The number of aliphatic hydroxyl groups is 6. The van der Waals surface area contributed by atoms with E-state index in [0.29, 0.717) is 5.75 Å². The van der Waals surface area contributed by atoms with E-state index < -0.39 is 125 Å². The number of nitrogens with zero attached hydrogens (tertiary/aromatic N) is 3. The van der Waals surface area contributed by atoms with Crippen LogP contribution < -0.4 is 91.2 Å². The molecule has 4 rings (SSSR count). The second-order valence-electron chi connectivity index (χ2n) is 12.1. The van der Waals surface area contributed by atoms with Crippen LogP contribution >= 0.6 is 29.4 Å². The monoisotopic (exact) mass is 884 g/mol. The molecule has 2 unspecified atom stereocenters. The second kappa shape index (κ2) is 23.7. The van der Waals surface area contributed by atoms with Gasteiger partial charge in [-0.3, -0.25) is 23.2 Å². The fourth-order valence-electron chi connectivity index (χ4n) is 5.40. The Morgan fingerprint density at radius 2 is 1.88 bits per heavy atom. The zero-order valence-electron chi connectivity index (χ0n) is 30.5. The van der Waals surface area contributed by atoms with E-state index in [1.165, 1.54) is 27.7 Å². The molecule has 0 bridgehead atoms. The van der Waals surface area contributed by atoms with Gasteiger partial charge in [-0.2, -0.15) is 4.98 Å². The molecule has 2 fully saturated rings. The first-order chi connectivity index (χ1) is 26.0. The van der Waals surface area contributed by atoms with E-state index in [4.69, 9.17) is 24.3 Å². The molecule has 2 aliphatic heterocycles. The molecule has 2 aliphatic rings. The van der Waals surface area contributed by atoms with E-state index in [-0.39, 0.29) is 71.4 Å². The summed E-state index contributed by atoms with van der Waals surface area (Å²) in [5.41, 5.74) is 4.46. The molecular formula is C29H39N6Na2O17PS2. The van der Waals surface area contributed by atoms with Crippen molar-refractivity contribution in [2.45, 2.75) is 85.1 Å². The Balaban J connectivity index is 0.00000561. The van der Waals surface area contributed by atoms with Crippen molar-refractivity contribution >= 4 is 53.0 Å². The number of ether oxygens (including phenoxy) is 2. The van der Waals surface area contributed by atoms with Crippen molar-refractivity contribution < 1.29 is 137 Å². The van der Waals surface area contributed by atoms with E-state index >= 15 is 0 Å². The van der Waals surface area contributed by atoms with Gasteiger partial charge in [-0.15, -0.1) is 0 Å². The third-order valence-corrected chi connectivity index (χ3v) is 11.4. The summed E-state index contributed by atoms with van der Waals surface area (Å²) < 4.78 is 33.9. The smallest absolute Gasteiger partial charge is 0.756 e. The van der Waals surface area contributed by atoms with Crippen LogP contribution in [0.5, 0.6) is 0 Å². The molecule has 23 nitrogen and oxygen atoms in total. The Labute approximate surface area is 376 Å². The number of nitrogens with two attached hydrogens (primary N) is 1. The third-order valence-electron chi connectivity index (χ3n) is 8.13. The number of aliphatic carboxylic acids is 1. The molecular weight excluding hydrogens is 845 g/mol. The van der Waals surface area contributed by atoms with Gasteiger partial charge in [-0.1, -0.05) is 16.9 Å². The van der Waals surface area contributed by atoms with Crippen molar-refractivity contribution in [1.82, 2.24) is 25.2 Å². The number of carbonyl (C=O) groups is 3. The molecule has 10 N–H and O–H groups in total.